The summed E-state index contributed by atoms with van der Waals surface area (Å²) in [5.41, 5.74) is -0.975. The predicted molar refractivity (Wildman–Crippen MR) is 84.3 cm³/mol. The van der Waals surface area contributed by atoms with Crippen LogP contribution in [0.15, 0.2) is 24.3 Å². The van der Waals surface area contributed by atoms with Gasteiger partial charge in [-0.25, -0.2) is 0 Å². The van der Waals surface area contributed by atoms with Crippen LogP contribution in [0, 0.1) is 0 Å². The number of hydrogen-bond acceptors (Lipinski definition) is 5. The summed E-state index contributed by atoms with van der Waals surface area (Å²) in [6.07, 6.45) is 0.818. The Kier molecular flexibility index (Phi) is 4.21. The van der Waals surface area contributed by atoms with E-state index in [9.17, 15) is 4.79 Å². The summed E-state index contributed by atoms with van der Waals surface area (Å²) in [5.74, 6) is 1.27. The number of hydrogen-bond donors (Lipinski definition) is 1. The molecular weight excluding hydrogens is 318 g/mol. The molecule has 0 aliphatic carbocycles. The number of nitrogens with zero attached hydrogens (tertiary/aromatic N) is 4. The number of aromatic nitrogens is 4. The number of carbonyl (C=O) groups is 1. The van der Waals surface area contributed by atoms with E-state index in [0.29, 0.717) is 29.7 Å². The Bertz CT molecular complexity index is 689. The zero-order valence-electron chi connectivity index (χ0n) is 13.0. The summed E-state index contributed by atoms with van der Waals surface area (Å²) < 4.78 is 5.86. The minimum Gasteiger partial charge on any atom is -0.478 e. The Balaban J connectivity index is 1.67. The highest BCUT2D eigenvalue weighted by molar-refractivity contribution is 6.30. The molecular formula is C15H18ClN5O2. The van der Waals surface area contributed by atoms with Gasteiger partial charge in [-0.05, 0) is 38.5 Å². The molecule has 0 saturated carbocycles. The lowest BCUT2D eigenvalue weighted by Crippen LogP contribution is -2.48. The Labute approximate surface area is 139 Å². The molecule has 1 aromatic carbocycles. The molecule has 1 saturated heterocycles. The zero-order valence-corrected chi connectivity index (χ0v) is 13.7. The summed E-state index contributed by atoms with van der Waals surface area (Å²) in [5, 5.41) is 14.6. The number of aromatic amines is 1. The number of likely N-dealkylation sites (tertiary alicyclic amines) is 1. The molecule has 0 spiro atoms. The largest absolute Gasteiger partial charge is 0.478 e. The van der Waals surface area contributed by atoms with Gasteiger partial charge in [-0.1, -0.05) is 22.9 Å². The predicted octanol–water partition coefficient (Wildman–Crippen LogP) is 2.03. The van der Waals surface area contributed by atoms with E-state index in [2.05, 4.69) is 20.6 Å². The number of rotatable bonds is 4. The molecule has 1 unspecified atom stereocenters. The summed E-state index contributed by atoms with van der Waals surface area (Å²) in [7, 11) is 0. The second kappa shape index (κ2) is 6.16. The number of benzene rings is 1. The van der Waals surface area contributed by atoms with Gasteiger partial charge in [0, 0.05) is 24.0 Å². The lowest BCUT2D eigenvalue weighted by atomic mass is 10.1. The maximum absolute atomic E-state index is 12.8. The smallest absolute Gasteiger partial charge is 0.266 e. The second-order valence-corrected chi connectivity index (χ2v) is 6.51. The van der Waals surface area contributed by atoms with Gasteiger partial charge < -0.3 is 9.64 Å². The molecule has 122 valence electrons. The van der Waals surface area contributed by atoms with Gasteiger partial charge in [-0.15, -0.1) is 10.2 Å². The third kappa shape index (κ3) is 3.44. The number of carbonyl (C=O) groups excluding carboxylic acids is 1. The van der Waals surface area contributed by atoms with Gasteiger partial charge in [-0.3, -0.25) is 4.79 Å². The fourth-order valence-electron chi connectivity index (χ4n) is 2.75. The summed E-state index contributed by atoms with van der Waals surface area (Å²) in [4.78, 5) is 14.6. The van der Waals surface area contributed by atoms with E-state index in [4.69, 9.17) is 16.3 Å². The molecule has 1 N–H and O–H groups in total. The number of nitrogens with one attached hydrogen (secondary N) is 1. The average molecular weight is 336 g/mol. The van der Waals surface area contributed by atoms with E-state index in [-0.39, 0.29) is 11.8 Å². The maximum atomic E-state index is 12.8. The van der Waals surface area contributed by atoms with Crippen LogP contribution in [-0.4, -0.2) is 50.1 Å². The third-order valence-electron chi connectivity index (χ3n) is 3.89. The second-order valence-electron chi connectivity index (χ2n) is 6.08. The van der Waals surface area contributed by atoms with Crippen LogP contribution in [-0.2, 0) is 4.79 Å². The number of halogens is 1. The first-order chi connectivity index (χ1) is 11.0. The molecule has 1 aliphatic heterocycles. The van der Waals surface area contributed by atoms with Crippen LogP contribution in [0.4, 0.5) is 0 Å². The quantitative estimate of drug-likeness (QED) is 0.924. The van der Waals surface area contributed by atoms with Gasteiger partial charge >= 0.3 is 0 Å². The average Bonchev–Trinajstić information content (AvgIpc) is 3.17. The van der Waals surface area contributed by atoms with Gasteiger partial charge in [0.15, 0.2) is 11.4 Å². The van der Waals surface area contributed by atoms with Gasteiger partial charge in [-0.2, -0.15) is 5.21 Å². The Morgan fingerprint density at radius 1 is 1.48 bits per heavy atom. The van der Waals surface area contributed by atoms with Gasteiger partial charge in [0.05, 0.1) is 0 Å². The lowest BCUT2D eigenvalue weighted by Gasteiger charge is -2.30. The van der Waals surface area contributed by atoms with Crippen molar-refractivity contribution in [2.45, 2.75) is 31.8 Å². The molecule has 23 heavy (non-hydrogen) atoms. The number of tetrazole rings is 1. The minimum atomic E-state index is -0.975. The lowest BCUT2D eigenvalue weighted by molar-refractivity contribution is -0.144. The summed E-state index contributed by atoms with van der Waals surface area (Å²) >= 11 is 5.96. The molecule has 8 heteroatoms. The van der Waals surface area contributed by atoms with Gasteiger partial charge in [0.25, 0.3) is 5.91 Å². The molecule has 0 radical (unpaired) electrons. The highest BCUT2D eigenvalue weighted by Crippen LogP contribution is 2.28. The maximum Gasteiger partial charge on any atom is 0.266 e. The van der Waals surface area contributed by atoms with Crippen LogP contribution in [0.25, 0.3) is 0 Å². The van der Waals surface area contributed by atoms with Crippen LogP contribution < -0.4 is 4.74 Å². The summed E-state index contributed by atoms with van der Waals surface area (Å²) in [6, 6.07) is 7.04. The van der Waals surface area contributed by atoms with Crippen LogP contribution in [0.5, 0.6) is 5.75 Å². The Morgan fingerprint density at radius 2 is 2.30 bits per heavy atom. The fourth-order valence-corrected chi connectivity index (χ4v) is 2.93. The number of amides is 1. The monoisotopic (exact) mass is 335 g/mol. The molecule has 1 atom stereocenters. The minimum absolute atomic E-state index is 0.0662. The van der Waals surface area contributed by atoms with E-state index in [1.54, 1.807) is 43.0 Å². The van der Waals surface area contributed by atoms with Gasteiger partial charge in [0.2, 0.25) is 0 Å². The SMILES string of the molecule is CC(C)(Oc1cccc(Cl)c1)C(=O)N1CCC(c2nn[nH]n2)C1. The Morgan fingerprint density at radius 3 is 3.00 bits per heavy atom. The summed E-state index contributed by atoms with van der Waals surface area (Å²) in [6.45, 7) is 4.75. The van der Waals surface area contributed by atoms with Crippen molar-refractivity contribution >= 4 is 17.5 Å². The van der Waals surface area contributed by atoms with E-state index in [1.165, 1.54) is 0 Å². The van der Waals surface area contributed by atoms with Crippen LogP contribution in [0.1, 0.15) is 32.0 Å². The Hall–Kier alpha value is -2.15. The molecule has 2 heterocycles. The van der Waals surface area contributed by atoms with E-state index in [0.717, 1.165) is 6.42 Å². The van der Waals surface area contributed by atoms with Crippen molar-refractivity contribution in [2.75, 3.05) is 13.1 Å². The van der Waals surface area contributed by atoms with E-state index < -0.39 is 5.60 Å². The van der Waals surface area contributed by atoms with Crippen molar-refractivity contribution in [3.05, 3.63) is 35.1 Å². The highest BCUT2D eigenvalue weighted by Gasteiger charge is 2.39. The fraction of sp³-hybridized carbons (Fsp3) is 0.467. The van der Waals surface area contributed by atoms with E-state index in [1.807, 2.05) is 0 Å². The molecule has 1 aromatic heterocycles. The molecule has 3 rings (SSSR count). The molecule has 1 fully saturated rings. The van der Waals surface area contributed by atoms with E-state index >= 15 is 0 Å². The van der Waals surface area contributed by atoms with Crippen molar-refractivity contribution in [3.8, 4) is 5.75 Å². The molecule has 0 bridgehead atoms. The van der Waals surface area contributed by atoms with Crippen molar-refractivity contribution < 1.29 is 9.53 Å². The first-order valence-corrected chi connectivity index (χ1v) is 7.81. The molecule has 2 aromatic rings. The van der Waals surface area contributed by atoms with Crippen molar-refractivity contribution in [3.63, 3.8) is 0 Å². The van der Waals surface area contributed by atoms with Gasteiger partial charge in [0.1, 0.15) is 5.75 Å². The molecule has 7 nitrogen and oxygen atoms in total. The normalized spacial score (nSPS) is 18.2. The number of ether oxygens (including phenoxy) is 1. The van der Waals surface area contributed by atoms with Crippen molar-refractivity contribution in [1.29, 1.82) is 0 Å². The number of H-pyrrole nitrogens is 1. The van der Waals surface area contributed by atoms with Crippen molar-refractivity contribution in [1.82, 2.24) is 25.5 Å². The van der Waals surface area contributed by atoms with Crippen LogP contribution in [0.3, 0.4) is 0 Å². The van der Waals surface area contributed by atoms with Crippen LogP contribution in [0.2, 0.25) is 5.02 Å². The third-order valence-corrected chi connectivity index (χ3v) is 4.12. The first-order valence-electron chi connectivity index (χ1n) is 7.43. The highest BCUT2D eigenvalue weighted by atomic mass is 35.5. The topological polar surface area (TPSA) is 84.0 Å². The molecule has 1 amide bonds. The molecule has 1 aliphatic rings. The first kappa shape index (κ1) is 15.7. The zero-order chi connectivity index (χ0) is 16.4. The van der Waals surface area contributed by atoms with Crippen LogP contribution >= 0.6 is 11.6 Å². The van der Waals surface area contributed by atoms with Crippen molar-refractivity contribution in [2.24, 2.45) is 0 Å². The standard InChI is InChI=1S/C15H18ClN5O2/c1-15(2,23-12-5-3-4-11(16)8-12)14(22)21-7-6-10(9-21)13-17-19-20-18-13/h3-5,8,10H,6-7,9H2,1-2H3,(H,17,18,19,20).